The Morgan fingerprint density at radius 2 is 2.26 bits per heavy atom. The number of alkyl halides is 1. The van der Waals surface area contributed by atoms with Crippen molar-refractivity contribution in [2.75, 3.05) is 7.05 Å². The standard InChI is InChI=1S/C12H19FN2O3S/c1-14-12-15-7-6(13)9(17)10(18-11(7)19-12)8(16)5-3-2-4-5/h5-11,16-17H,2-4H2,1H3,(H,14,15)/t6-,7-,8+,9+,10?,11-/m1/s1. The van der Waals surface area contributed by atoms with Crippen LogP contribution in [0.3, 0.4) is 0 Å². The molecule has 108 valence electrons. The zero-order valence-electron chi connectivity index (χ0n) is 10.7. The molecule has 3 N–H and O–H groups in total. The first-order valence-electron chi connectivity index (χ1n) is 6.67. The molecule has 1 aliphatic carbocycles. The molecule has 6 atom stereocenters. The summed E-state index contributed by atoms with van der Waals surface area (Å²) in [7, 11) is 1.62. The number of nitrogens with one attached hydrogen (secondary N) is 1. The van der Waals surface area contributed by atoms with Crippen LogP contribution in [0.4, 0.5) is 4.39 Å². The predicted molar refractivity (Wildman–Crippen MR) is 70.8 cm³/mol. The fourth-order valence-electron chi connectivity index (χ4n) is 2.85. The summed E-state index contributed by atoms with van der Waals surface area (Å²) in [5.41, 5.74) is -0.433. The summed E-state index contributed by atoms with van der Waals surface area (Å²) in [5.74, 6) is 0.127. The highest BCUT2D eigenvalue weighted by Crippen LogP contribution is 2.39. The lowest BCUT2D eigenvalue weighted by Gasteiger charge is -2.43. The molecule has 2 saturated heterocycles. The third-order valence-corrected chi connectivity index (χ3v) is 5.44. The van der Waals surface area contributed by atoms with E-state index in [1.54, 1.807) is 7.05 Å². The lowest BCUT2D eigenvalue weighted by atomic mass is 9.77. The highest BCUT2D eigenvalue weighted by molar-refractivity contribution is 8.14. The molecule has 2 heterocycles. The number of hydrogen-bond acceptors (Lipinski definition) is 5. The summed E-state index contributed by atoms with van der Waals surface area (Å²) in [6, 6.07) is -0.594. The second-order valence-corrected chi connectivity index (χ2v) is 6.49. The number of nitrogens with zero attached hydrogens (tertiary/aromatic N) is 1. The van der Waals surface area contributed by atoms with Gasteiger partial charge in [-0.25, -0.2) is 4.39 Å². The van der Waals surface area contributed by atoms with Crippen molar-refractivity contribution in [2.24, 2.45) is 10.9 Å². The number of thioether (sulfide) groups is 1. The SMILES string of the molecule is CN=C1N[C@@H]2[C@@H](F)[C@H](O)C([C@@H](O)C3CCC3)O[C@@H]2S1. The highest BCUT2D eigenvalue weighted by atomic mass is 32.2. The highest BCUT2D eigenvalue weighted by Gasteiger charge is 2.53. The molecule has 5 nitrogen and oxygen atoms in total. The maximum atomic E-state index is 14.3. The molecule has 0 amide bonds. The van der Waals surface area contributed by atoms with Crippen molar-refractivity contribution in [2.45, 2.75) is 55.2 Å². The molecular formula is C12H19FN2O3S. The molecule has 3 fully saturated rings. The van der Waals surface area contributed by atoms with E-state index >= 15 is 0 Å². The lowest BCUT2D eigenvalue weighted by Crippen LogP contribution is -2.61. The topological polar surface area (TPSA) is 74.1 Å². The van der Waals surface area contributed by atoms with E-state index in [1.165, 1.54) is 11.8 Å². The first kappa shape index (κ1) is 13.6. The predicted octanol–water partition coefficient (Wildman–Crippen LogP) is 0.262. The average Bonchev–Trinajstić information content (AvgIpc) is 2.74. The Balaban J connectivity index is 1.73. The number of ether oxygens (including phenoxy) is 1. The van der Waals surface area contributed by atoms with Crippen molar-refractivity contribution in [3.63, 3.8) is 0 Å². The third kappa shape index (κ3) is 2.26. The van der Waals surface area contributed by atoms with E-state index in [-0.39, 0.29) is 5.92 Å². The third-order valence-electron chi connectivity index (χ3n) is 4.28. The van der Waals surface area contributed by atoms with E-state index in [2.05, 4.69) is 10.3 Å². The summed E-state index contributed by atoms with van der Waals surface area (Å²) >= 11 is 1.31. The van der Waals surface area contributed by atoms with E-state index in [4.69, 9.17) is 4.74 Å². The Labute approximate surface area is 115 Å². The molecule has 1 unspecified atom stereocenters. The van der Waals surface area contributed by atoms with Gasteiger partial charge in [0.2, 0.25) is 0 Å². The van der Waals surface area contributed by atoms with Gasteiger partial charge < -0.3 is 20.3 Å². The van der Waals surface area contributed by atoms with Crippen LogP contribution in [0.2, 0.25) is 0 Å². The zero-order valence-corrected chi connectivity index (χ0v) is 11.5. The average molecular weight is 290 g/mol. The van der Waals surface area contributed by atoms with Gasteiger partial charge >= 0.3 is 0 Å². The molecule has 0 aromatic heterocycles. The van der Waals surface area contributed by atoms with Crippen molar-refractivity contribution in [3.05, 3.63) is 0 Å². The first-order chi connectivity index (χ1) is 9.11. The summed E-state index contributed by atoms with van der Waals surface area (Å²) in [6.45, 7) is 0. The molecule has 7 heteroatoms. The maximum absolute atomic E-state index is 14.3. The summed E-state index contributed by atoms with van der Waals surface area (Å²) in [6.07, 6.45) is -1.44. The van der Waals surface area contributed by atoms with Crippen molar-refractivity contribution in [1.82, 2.24) is 5.32 Å². The van der Waals surface area contributed by atoms with Gasteiger partial charge in [-0.1, -0.05) is 18.2 Å². The molecule has 0 bridgehead atoms. The van der Waals surface area contributed by atoms with E-state index in [9.17, 15) is 14.6 Å². The number of aliphatic hydroxyl groups is 2. The number of fused-ring (bicyclic) bond motifs is 1. The Morgan fingerprint density at radius 1 is 1.53 bits per heavy atom. The van der Waals surface area contributed by atoms with Gasteiger partial charge in [-0.2, -0.15) is 0 Å². The fraction of sp³-hybridized carbons (Fsp3) is 0.917. The van der Waals surface area contributed by atoms with E-state index < -0.39 is 36.0 Å². The van der Waals surface area contributed by atoms with Crippen molar-refractivity contribution >= 4 is 16.9 Å². The van der Waals surface area contributed by atoms with Crippen molar-refractivity contribution in [3.8, 4) is 0 Å². The van der Waals surface area contributed by atoms with Crippen molar-refractivity contribution < 1.29 is 19.3 Å². The quantitative estimate of drug-likeness (QED) is 0.680. The van der Waals surface area contributed by atoms with Crippen LogP contribution in [0.1, 0.15) is 19.3 Å². The maximum Gasteiger partial charge on any atom is 0.159 e. The van der Waals surface area contributed by atoms with Crippen LogP contribution in [0.15, 0.2) is 4.99 Å². The lowest BCUT2D eigenvalue weighted by molar-refractivity contribution is -0.186. The smallest absolute Gasteiger partial charge is 0.159 e. The second kappa shape index (κ2) is 5.20. The number of rotatable bonds is 2. The van der Waals surface area contributed by atoms with Gasteiger partial charge in [-0.05, 0) is 18.8 Å². The molecule has 19 heavy (non-hydrogen) atoms. The minimum absolute atomic E-state index is 0.127. The zero-order chi connectivity index (χ0) is 13.6. The molecule has 1 saturated carbocycles. The van der Waals surface area contributed by atoms with Crippen LogP contribution in [-0.2, 0) is 4.74 Å². The molecule has 0 aromatic carbocycles. The number of aliphatic imine (C=N–C) groups is 1. The van der Waals surface area contributed by atoms with Crippen LogP contribution >= 0.6 is 11.8 Å². The van der Waals surface area contributed by atoms with Gasteiger partial charge in [0.25, 0.3) is 0 Å². The van der Waals surface area contributed by atoms with Gasteiger partial charge in [0.05, 0.1) is 12.1 Å². The normalized spacial score (nSPS) is 46.5. The first-order valence-corrected chi connectivity index (χ1v) is 7.55. The number of aliphatic hydroxyl groups excluding tert-OH is 2. The van der Waals surface area contributed by atoms with Gasteiger partial charge in [0, 0.05) is 7.05 Å². The van der Waals surface area contributed by atoms with Crippen LogP contribution in [0, 0.1) is 5.92 Å². The van der Waals surface area contributed by atoms with Crippen LogP contribution in [-0.4, -0.2) is 58.4 Å². The number of halogens is 1. The molecule has 0 radical (unpaired) electrons. The molecule has 0 aromatic rings. The van der Waals surface area contributed by atoms with E-state index in [0.29, 0.717) is 5.17 Å². The van der Waals surface area contributed by atoms with Gasteiger partial charge in [-0.15, -0.1) is 0 Å². The van der Waals surface area contributed by atoms with Crippen LogP contribution in [0.25, 0.3) is 0 Å². The number of amidine groups is 1. The Morgan fingerprint density at radius 3 is 2.84 bits per heavy atom. The molecular weight excluding hydrogens is 271 g/mol. The van der Waals surface area contributed by atoms with Crippen LogP contribution < -0.4 is 5.32 Å². The van der Waals surface area contributed by atoms with E-state index in [1.807, 2.05) is 0 Å². The van der Waals surface area contributed by atoms with Crippen LogP contribution in [0.5, 0.6) is 0 Å². The largest absolute Gasteiger partial charge is 0.390 e. The minimum atomic E-state index is -1.45. The fourth-order valence-corrected chi connectivity index (χ4v) is 3.93. The summed E-state index contributed by atoms with van der Waals surface area (Å²) < 4.78 is 20.0. The molecule has 2 aliphatic heterocycles. The molecule has 3 aliphatic rings. The number of hydrogen-bond donors (Lipinski definition) is 3. The summed E-state index contributed by atoms with van der Waals surface area (Å²) in [4.78, 5) is 3.98. The summed E-state index contributed by atoms with van der Waals surface area (Å²) in [5, 5.41) is 23.8. The second-order valence-electron chi connectivity index (χ2n) is 5.40. The Bertz CT molecular complexity index is 380. The van der Waals surface area contributed by atoms with Gasteiger partial charge in [0.15, 0.2) is 11.3 Å². The molecule has 3 rings (SSSR count). The van der Waals surface area contributed by atoms with E-state index in [0.717, 1.165) is 19.3 Å². The van der Waals surface area contributed by atoms with Gasteiger partial charge in [-0.3, -0.25) is 4.99 Å². The monoisotopic (exact) mass is 290 g/mol. The minimum Gasteiger partial charge on any atom is -0.390 e. The van der Waals surface area contributed by atoms with Crippen molar-refractivity contribution in [1.29, 1.82) is 0 Å². The Kier molecular flexibility index (Phi) is 3.72. The van der Waals surface area contributed by atoms with Gasteiger partial charge in [0.1, 0.15) is 17.6 Å². The Hall–Kier alpha value is -0.370. The molecule has 0 spiro atoms.